The largest absolute Gasteiger partial charge is 0.469 e. The van der Waals surface area contributed by atoms with Crippen molar-refractivity contribution in [3.8, 4) is 0 Å². The van der Waals surface area contributed by atoms with Crippen LogP contribution in [0.25, 0.3) is 0 Å². The zero-order valence-electron chi connectivity index (χ0n) is 11.1. The molecule has 1 saturated heterocycles. The number of rotatable bonds is 2. The lowest BCUT2D eigenvalue weighted by atomic mass is 9.97. The van der Waals surface area contributed by atoms with Crippen LogP contribution in [0.5, 0.6) is 0 Å². The summed E-state index contributed by atoms with van der Waals surface area (Å²) in [6.45, 7) is 0.778. The molecular weight excluding hydrogens is 271 g/mol. The molecule has 20 heavy (non-hydrogen) atoms. The van der Waals surface area contributed by atoms with E-state index in [1.165, 1.54) is 19.2 Å². The van der Waals surface area contributed by atoms with Gasteiger partial charge in [-0.05, 0) is 25.0 Å². The SMILES string of the molecule is COC(=O)C1CCCN(c2ccccc2C(F)(F)F)C1. The second kappa shape index (κ2) is 5.73. The zero-order valence-corrected chi connectivity index (χ0v) is 11.1. The van der Waals surface area contributed by atoms with Crippen molar-refractivity contribution in [1.29, 1.82) is 0 Å². The van der Waals surface area contributed by atoms with E-state index in [1.807, 2.05) is 0 Å². The Morgan fingerprint density at radius 3 is 2.70 bits per heavy atom. The fourth-order valence-electron chi connectivity index (χ4n) is 2.54. The first-order valence-corrected chi connectivity index (χ1v) is 6.42. The summed E-state index contributed by atoms with van der Waals surface area (Å²) in [6.07, 6.45) is -3.07. The normalized spacial score (nSPS) is 19.8. The maximum Gasteiger partial charge on any atom is 0.418 e. The summed E-state index contributed by atoms with van der Waals surface area (Å²) in [5.41, 5.74) is -0.529. The molecule has 0 spiro atoms. The van der Waals surface area contributed by atoms with Gasteiger partial charge in [-0.1, -0.05) is 12.1 Å². The topological polar surface area (TPSA) is 29.5 Å². The van der Waals surface area contributed by atoms with E-state index in [1.54, 1.807) is 11.0 Å². The highest BCUT2D eigenvalue weighted by atomic mass is 19.4. The molecule has 1 aliphatic rings. The van der Waals surface area contributed by atoms with E-state index >= 15 is 0 Å². The van der Waals surface area contributed by atoms with Crippen molar-refractivity contribution in [2.75, 3.05) is 25.1 Å². The van der Waals surface area contributed by atoms with Crippen LogP contribution >= 0.6 is 0 Å². The predicted molar refractivity (Wildman–Crippen MR) is 68.4 cm³/mol. The van der Waals surface area contributed by atoms with E-state index in [9.17, 15) is 18.0 Å². The molecule has 110 valence electrons. The predicted octanol–water partition coefficient (Wildman–Crippen LogP) is 3.09. The van der Waals surface area contributed by atoms with Crippen molar-refractivity contribution in [2.24, 2.45) is 5.92 Å². The summed E-state index contributed by atoms with van der Waals surface area (Å²) in [5.74, 6) is -0.728. The molecule has 1 fully saturated rings. The molecule has 6 heteroatoms. The number of benzene rings is 1. The molecule has 0 bridgehead atoms. The Morgan fingerprint density at radius 1 is 1.35 bits per heavy atom. The smallest absolute Gasteiger partial charge is 0.418 e. The number of halogens is 3. The van der Waals surface area contributed by atoms with Gasteiger partial charge in [0.05, 0.1) is 18.6 Å². The van der Waals surface area contributed by atoms with Crippen LogP contribution in [0.1, 0.15) is 18.4 Å². The lowest BCUT2D eigenvalue weighted by Gasteiger charge is -2.34. The van der Waals surface area contributed by atoms with Gasteiger partial charge < -0.3 is 9.64 Å². The summed E-state index contributed by atoms with van der Waals surface area (Å²) < 4.78 is 43.7. The van der Waals surface area contributed by atoms with E-state index < -0.39 is 11.7 Å². The van der Waals surface area contributed by atoms with Gasteiger partial charge in [-0.15, -0.1) is 0 Å². The quantitative estimate of drug-likeness (QED) is 0.783. The van der Waals surface area contributed by atoms with Crippen LogP contribution in [-0.2, 0) is 15.7 Å². The molecule has 0 radical (unpaired) electrons. The molecule has 1 heterocycles. The summed E-state index contributed by atoms with van der Waals surface area (Å²) in [6, 6.07) is 5.46. The Bertz CT molecular complexity index is 488. The third-order valence-corrected chi connectivity index (χ3v) is 3.51. The summed E-state index contributed by atoms with van der Waals surface area (Å²) in [7, 11) is 1.30. The molecule has 1 atom stereocenters. The third kappa shape index (κ3) is 3.05. The first-order valence-electron chi connectivity index (χ1n) is 6.42. The first-order chi connectivity index (χ1) is 9.43. The molecule has 1 unspecified atom stereocenters. The minimum atomic E-state index is -4.39. The summed E-state index contributed by atoms with van der Waals surface area (Å²) in [4.78, 5) is 13.2. The number of hydrogen-bond donors (Lipinski definition) is 0. The Balaban J connectivity index is 2.26. The van der Waals surface area contributed by atoms with Crippen molar-refractivity contribution in [2.45, 2.75) is 19.0 Å². The van der Waals surface area contributed by atoms with E-state index in [2.05, 4.69) is 4.74 Å². The standard InChI is InChI=1S/C14H16F3NO2/c1-20-13(19)10-5-4-8-18(9-10)12-7-3-2-6-11(12)14(15,16)17/h2-3,6-7,10H,4-5,8-9H2,1H3. The van der Waals surface area contributed by atoms with Gasteiger partial charge in [0.1, 0.15) is 0 Å². The number of esters is 1. The number of ether oxygens (including phenoxy) is 1. The number of nitrogens with zero attached hydrogens (tertiary/aromatic N) is 1. The van der Waals surface area contributed by atoms with Crippen molar-refractivity contribution in [3.63, 3.8) is 0 Å². The number of methoxy groups -OCH3 is 1. The second-order valence-corrected chi connectivity index (χ2v) is 4.82. The van der Waals surface area contributed by atoms with Gasteiger partial charge in [0, 0.05) is 18.8 Å². The van der Waals surface area contributed by atoms with Crippen molar-refractivity contribution in [3.05, 3.63) is 29.8 Å². The molecule has 0 aliphatic carbocycles. The van der Waals surface area contributed by atoms with Gasteiger partial charge in [0.15, 0.2) is 0 Å². The average molecular weight is 287 g/mol. The Hall–Kier alpha value is -1.72. The average Bonchev–Trinajstić information content (AvgIpc) is 2.45. The van der Waals surface area contributed by atoms with Crippen LogP contribution in [0.4, 0.5) is 18.9 Å². The van der Waals surface area contributed by atoms with Crippen molar-refractivity contribution >= 4 is 11.7 Å². The number of carbonyl (C=O) groups is 1. The lowest BCUT2D eigenvalue weighted by Crippen LogP contribution is -2.40. The fraction of sp³-hybridized carbons (Fsp3) is 0.500. The molecule has 0 N–H and O–H groups in total. The molecule has 1 aromatic carbocycles. The minimum Gasteiger partial charge on any atom is -0.469 e. The molecule has 1 aromatic rings. The van der Waals surface area contributed by atoms with Crippen molar-refractivity contribution in [1.82, 2.24) is 0 Å². The number of alkyl halides is 3. The lowest BCUT2D eigenvalue weighted by molar-refractivity contribution is -0.145. The van der Waals surface area contributed by atoms with Crippen LogP contribution in [-0.4, -0.2) is 26.2 Å². The molecule has 1 aliphatic heterocycles. The van der Waals surface area contributed by atoms with E-state index in [0.29, 0.717) is 19.4 Å². The highest BCUT2D eigenvalue weighted by Gasteiger charge is 2.36. The Kier molecular flexibility index (Phi) is 4.20. The number of hydrogen-bond acceptors (Lipinski definition) is 3. The van der Waals surface area contributed by atoms with Crippen molar-refractivity contribution < 1.29 is 22.7 Å². The maximum atomic E-state index is 13.0. The maximum absolute atomic E-state index is 13.0. The van der Waals surface area contributed by atoms with Crippen LogP contribution in [0.15, 0.2) is 24.3 Å². The van der Waals surface area contributed by atoms with Gasteiger partial charge in [0.2, 0.25) is 0 Å². The number of piperidine rings is 1. The number of carbonyl (C=O) groups excluding carboxylic acids is 1. The highest BCUT2D eigenvalue weighted by molar-refractivity contribution is 5.73. The third-order valence-electron chi connectivity index (χ3n) is 3.51. The molecule has 3 nitrogen and oxygen atoms in total. The first kappa shape index (κ1) is 14.7. The van der Waals surface area contributed by atoms with E-state index in [-0.39, 0.29) is 24.1 Å². The molecular formula is C14H16F3NO2. The van der Waals surface area contributed by atoms with Gasteiger partial charge >= 0.3 is 12.1 Å². The fourth-order valence-corrected chi connectivity index (χ4v) is 2.54. The van der Waals surface area contributed by atoms with Gasteiger partial charge in [0.25, 0.3) is 0 Å². The Morgan fingerprint density at radius 2 is 2.05 bits per heavy atom. The molecule has 2 rings (SSSR count). The number of para-hydroxylation sites is 1. The summed E-state index contributed by atoms with van der Waals surface area (Å²) in [5, 5.41) is 0. The van der Waals surface area contributed by atoms with Gasteiger partial charge in [-0.2, -0.15) is 13.2 Å². The monoisotopic (exact) mass is 287 g/mol. The van der Waals surface area contributed by atoms with Crippen LogP contribution in [0.2, 0.25) is 0 Å². The minimum absolute atomic E-state index is 0.133. The molecule has 0 saturated carbocycles. The van der Waals surface area contributed by atoms with Crippen LogP contribution in [0.3, 0.4) is 0 Å². The highest BCUT2D eigenvalue weighted by Crippen LogP contribution is 2.37. The second-order valence-electron chi connectivity index (χ2n) is 4.82. The molecule has 0 aromatic heterocycles. The zero-order chi connectivity index (χ0) is 14.8. The van der Waals surface area contributed by atoms with Crippen LogP contribution in [0, 0.1) is 5.92 Å². The van der Waals surface area contributed by atoms with Gasteiger partial charge in [-0.25, -0.2) is 0 Å². The summed E-state index contributed by atoms with van der Waals surface area (Å²) >= 11 is 0. The molecule has 0 amide bonds. The van der Waals surface area contributed by atoms with E-state index in [4.69, 9.17) is 0 Å². The Labute approximate surface area is 115 Å². The number of anilines is 1. The van der Waals surface area contributed by atoms with Gasteiger partial charge in [-0.3, -0.25) is 4.79 Å². The van der Waals surface area contributed by atoms with E-state index in [0.717, 1.165) is 6.07 Å². The van der Waals surface area contributed by atoms with Crippen LogP contribution < -0.4 is 4.90 Å².